The van der Waals surface area contributed by atoms with Gasteiger partial charge in [-0.2, -0.15) is 8.78 Å². The first kappa shape index (κ1) is 13.2. The molecule has 0 aromatic heterocycles. The van der Waals surface area contributed by atoms with Crippen LogP contribution in [0, 0.1) is 0 Å². The molecule has 0 saturated carbocycles. The van der Waals surface area contributed by atoms with E-state index in [-0.39, 0.29) is 0 Å². The number of rotatable bonds is 4. The third-order valence-corrected chi connectivity index (χ3v) is 2.83. The molecule has 0 bridgehead atoms. The number of hydrogen-bond acceptors (Lipinski definition) is 1. The number of halogens is 2. The maximum atomic E-state index is 13.3. The summed E-state index contributed by atoms with van der Waals surface area (Å²) in [7, 11) is 0. The molecule has 2 rings (SSSR count). The first-order chi connectivity index (χ1) is 9.00. The zero-order valence-electron chi connectivity index (χ0n) is 10.0. The Kier molecular flexibility index (Phi) is 3.60. The van der Waals surface area contributed by atoms with Gasteiger partial charge in [-0.3, -0.25) is 0 Å². The van der Waals surface area contributed by atoms with E-state index in [0.717, 1.165) is 5.56 Å². The van der Waals surface area contributed by atoms with Crippen LogP contribution in [0.15, 0.2) is 54.6 Å². The molecule has 1 N–H and O–H groups in total. The minimum atomic E-state index is -3.76. The van der Waals surface area contributed by atoms with Crippen molar-refractivity contribution >= 4 is 5.97 Å². The number of benzene rings is 2. The van der Waals surface area contributed by atoms with Crippen LogP contribution in [0.4, 0.5) is 8.78 Å². The van der Waals surface area contributed by atoms with E-state index < -0.39 is 18.3 Å². The molecular weight excluding hydrogens is 250 g/mol. The van der Waals surface area contributed by atoms with Gasteiger partial charge in [0, 0.05) is 6.42 Å². The largest absolute Gasteiger partial charge is 0.477 e. The highest BCUT2D eigenvalue weighted by molar-refractivity contribution is 5.77. The molecule has 0 spiro atoms. The molecule has 2 aromatic carbocycles. The number of carboxylic acids is 1. The Morgan fingerprint density at radius 1 is 1.00 bits per heavy atom. The molecule has 0 saturated heterocycles. The molecule has 4 heteroatoms. The molecule has 2 aromatic rings. The van der Waals surface area contributed by atoms with E-state index in [9.17, 15) is 13.6 Å². The quantitative estimate of drug-likeness (QED) is 0.913. The Bertz CT molecular complexity index is 580. The first-order valence-corrected chi connectivity index (χ1v) is 5.75. The summed E-state index contributed by atoms with van der Waals surface area (Å²) < 4.78 is 26.7. The van der Waals surface area contributed by atoms with Crippen molar-refractivity contribution < 1.29 is 18.7 Å². The van der Waals surface area contributed by atoms with Crippen molar-refractivity contribution in [1.29, 1.82) is 0 Å². The third-order valence-electron chi connectivity index (χ3n) is 2.83. The van der Waals surface area contributed by atoms with Gasteiger partial charge in [-0.15, -0.1) is 0 Å². The lowest BCUT2D eigenvalue weighted by Gasteiger charge is -2.14. The van der Waals surface area contributed by atoms with Crippen LogP contribution in [0.3, 0.4) is 0 Å². The van der Waals surface area contributed by atoms with E-state index in [1.54, 1.807) is 42.5 Å². The molecule has 0 atom stereocenters. The van der Waals surface area contributed by atoms with Crippen LogP contribution in [0.2, 0.25) is 0 Å². The minimum Gasteiger partial charge on any atom is -0.477 e. The van der Waals surface area contributed by atoms with Gasteiger partial charge in [0.1, 0.15) is 0 Å². The van der Waals surface area contributed by atoms with Gasteiger partial charge < -0.3 is 5.11 Å². The Balaban J connectivity index is 2.40. The lowest BCUT2D eigenvalue weighted by atomic mass is 9.95. The summed E-state index contributed by atoms with van der Waals surface area (Å²) in [6, 6.07) is 15.7. The molecule has 98 valence electrons. The smallest absolute Gasteiger partial charge is 0.374 e. The zero-order valence-corrected chi connectivity index (χ0v) is 10.0. The molecule has 0 heterocycles. The van der Waals surface area contributed by atoms with Gasteiger partial charge in [-0.05, 0) is 16.7 Å². The van der Waals surface area contributed by atoms with Crippen molar-refractivity contribution in [3.8, 4) is 11.1 Å². The molecule has 0 unspecified atom stereocenters. The Hall–Kier alpha value is -2.23. The van der Waals surface area contributed by atoms with Gasteiger partial charge in [-0.25, -0.2) is 4.79 Å². The van der Waals surface area contributed by atoms with Crippen molar-refractivity contribution in [3.63, 3.8) is 0 Å². The van der Waals surface area contributed by atoms with E-state index in [1.165, 1.54) is 6.07 Å². The summed E-state index contributed by atoms with van der Waals surface area (Å²) in [4.78, 5) is 10.5. The normalized spacial score (nSPS) is 11.3. The zero-order chi connectivity index (χ0) is 13.9. The first-order valence-electron chi connectivity index (χ1n) is 5.75. The van der Waals surface area contributed by atoms with Crippen molar-refractivity contribution in [2.24, 2.45) is 0 Å². The number of alkyl halides is 2. The van der Waals surface area contributed by atoms with Gasteiger partial charge in [0.2, 0.25) is 0 Å². The lowest BCUT2D eigenvalue weighted by molar-refractivity contribution is -0.164. The van der Waals surface area contributed by atoms with Crippen molar-refractivity contribution in [1.82, 2.24) is 0 Å². The number of carbonyl (C=O) groups is 1. The maximum absolute atomic E-state index is 13.3. The molecule has 0 fully saturated rings. The molecule has 0 aliphatic heterocycles. The van der Waals surface area contributed by atoms with Gasteiger partial charge >= 0.3 is 11.9 Å². The number of aliphatic carboxylic acids is 1. The van der Waals surface area contributed by atoms with Crippen LogP contribution >= 0.6 is 0 Å². The Morgan fingerprint density at radius 2 is 1.58 bits per heavy atom. The van der Waals surface area contributed by atoms with Crippen LogP contribution in [0.25, 0.3) is 11.1 Å². The average molecular weight is 262 g/mol. The predicted molar refractivity (Wildman–Crippen MR) is 68.2 cm³/mol. The van der Waals surface area contributed by atoms with E-state index in [0.29, 0.717) is 11.1 Å². The van der Waals surface area contributed by atoms with Crippen LogP contribution in [0.1, 0.15) is 5.56 Å². The lowest BCUT2D eigenvalue weighted by Crippen LogP contribution is -2.30. The molecule has 0 amide bonds. The SMILES string of the molecule is O=C(O)C(F)(F)Cc1ccccc1-c1ccccc1. The summed E-state index contributed by atoms with van der Waals surface area (Å²) >= 11 is 0. The van der Waals surface area contributed by atoms with Gasteiger partial charge in [0.15, 0.2) is 0 Å². The van der Waals surface area contributed by atoms with Gasteiger partial charge in [-0.1, -0.05) is 54.6 Å². The van der Waals surface area contributed by atoms with Crippen molar-refractivity contribution in [2.45, 2.75) is 12.3 Å². The second-order valence-corrected chi connectivity index (χ2v) is 4.21. The molecule has 0 aliphatic carbocycles. The summed E-state index contributed by atoms with van der Waals surface area (Å²) in [6.45, 7) is 0. The number of carboxylic acid groups (broad SMARTS) is 1. The monoisotopic (exact) mass is 262 g/mol. The van der Waals surface area contributed by atoms with Crippen molar-refractivity contribution in [3.05, 3.63) is 60.2 Å². The summed E-state index contributed by atoms with van der Waals surface area (Å²) in [5.74, 6) is -5.86. The fourth-order valence-corrected chi connectivity index (χ4v) is 1.89. The highest BCUT2D eigenvalue weighted by Crippen LogP contribution is 2.28. The summed E-state index contributed by atoms with van der Waals surface area (Å²) in [5.41, 5.74) is 1.74. The highest BCUT2D eigenvalue weighted by atomic mass is 19.3. The van der Waals surface area contributed by atoms with Crippen LogP contribution < -0.4 is 0 Å². The fraction of sp³-hybridized carbons (Fsp3) is 0.133. The standard InChI is InChI=1S/C15H12F2O2/c16-15(17,14(18)19)10-12-8-4-5-9-13(12)11-6-2-1-3-7-11/h1-9H,10H2,(H,18,19). The number of hydrogen-bond donors (Lipinski definition) is 1. The summed E-state index contributed by atoms with van der Waals surface area (Å²) in [5, 5.41) is 8.51. The summed E-state index contributed by atoms with van der Waals surface area (Å²) in [6.07, 6.45) is -0.812. The van der Waals surface area contributed by atoms with Gasteiger partial charge in [0.25, 0.3) is 0 Å². The highest BCUT2D eigenvalue weighted by Gasteiger charge is 2.39. The predicted octanol–water partition coefficient (Wildman–Crippen LogP) is 3.62. The Labute approximate surface area is 109 Å². The molecule has 2 nitrogen and oxygen atoms in total. The fourth-order valence-electron chi connectivity index (χ4n) is 1.89. The second-order valence-electron chi connectivity index (χ2n) is 4.21. The van der Waals surface area contributed by atoms with E-state index >= 15 is 0 Å². The minimum absolute atomic E-state index is 0.320. The van der Waals surface area contributed by atoms with Crippen LogP contribution in [-0.4, -0.2) is 17.0 Å². The maximum Gasteiger partial charge on any atom is 0.374 e. The van der Waals surface area contributed by atoms with E-state index in [1.807, 2.05) is 6.07 Å². The van der Waals surface area contributed by atoms with Crippen LogP contribution in [-0.2, 0) is 11.2 Å². The topological polar surface area (TPSA) is 37.3 Å². The van der Waals surface area contributed by atoms with E-state index in [2.05, 4.69) is 0 Å². The molecule has 19 heavy (non-hydrogen) atoms. The second kappa shape index (κ2) is 5.18. The average Bonchev–Trinajstić information content (AvgIpc) is 2.40. The van der Waals surface area contributed by atoms with E-state index in [4.69, 9.17) is 5.11 Å². The molecule has 0 radical (unpaired) electrons. The molecule has 0 aliphatic rings. The van der Waals surface area contributed by atoms with Crippen LogP contribution in [0.5, 0.6) is 0 Å². The third kappa shape index (κ3) is 2.96. The Morgan fingerprint density at radius 3 is 2.21 bits per heavy atom. The van der Waals surface area contributed by atoms with Crippen molar-refractivity contribution in [2.75, 3.05) is 0 Å². The molecular formula is C15H12F2O2. The van der Waals surface area contributed by atoms with Gasteiger partial charge in [0.05, 0.1) is 0 Å².